The summed E-state index contributed by atoms with van der Waals surface area (Å²) in [6.07, 6.45) is -2.30. The van der Waals surface area contributed by atoms with Gasteiger partial charge in [0.1, 0.15) is 5.82 Å². The molecule has 0 bridgehead atoms. The Kier molecular flexibility index (Phi) is 4.90. The average Bonchev–Trinajstić information content (AvgIpc) is 2.29. The Morgan fingerprint density at radius 3 is 2.50 bits per heavy atom. The molecule has 5 heteroatoms. The topological polar surface area (TPSA) is 12.0 Å². The van der Waals surface area contributed by atoms with Gasteiger partial charge in [-0.15, -0.1) is 0 Å². The second kappa shape index (κ2) is 6.00. The van der Waals surface area contributed by atoms with Crippen LogP contribution in [0.5, 0.6) is 0 Å². The van der Waals surface area contributed by atoms with Crippen LogP contribution in [-0.2, 0) is 6.18 Å². The lowest BCUT2D eigenvalue weighted by atomic mass is 10.1. The van der Waals surface area contributed by atoms with Gasteiger partial charge in [-0.25, -0.2) is 4.39 Å². The first-order valence-electron chi connectivity index (χ1n) is 5.59. The van der Waals surface area contributed by atoms with Crippen LogP contribution in [0.3, 0.4) is 0 Å². The van der Waals surface area contributed by atoms with Gasteiger partial charge in [-0.05, 0) is 31.2 Å². The highest BCUT2D eigenvalue weighted by molar-refractivity contribution is 5.54. The van der Waals surface area contributed by atoms with E-state index in [4.69, 9.17) is 0 Å². The molecular weight excluding hydrogens is 246 g/mol. The lowest BCUT2D eigenvalue weighted by molar-refractivity contribution is -0.140. The molecule has 0 radical (unpaired) electrons. The summed E-state index contributed by atoms with van der Waals surface area (Å²) in [5.74, 6) is -1.24. The Balaban J connectivity index is 3.12. The predicted molar refractivity (Wildman–Crippen MR) is 63.6 cm³/mol. The van der Waals surface area contributed by atoms with E-state index in [1.165, 1.54) is 6.07 Å². The molecule has 0 aliphatic heterocycles. The zero-order valence-electron chi connectivity index (χ0n) is 10.2. The predicted octanol–water partition coefficient (Wildman–Crippen LogP) is 3.86. The van der Waals surface area contributed by atoms with Crippen molar-refractivity contribution in [3.8, 4) is 0 Å². The van der Waals surface area contributed by atoms with Gasteiger partial charge in [0.25, 0.3) is 0 Å². The van der Waals surface area contributed by atoms with Crippen LogP contribution >= 0.6 is 0 Å². The summed E-state index contributed by atoms with van der Waals surface area (Å²) in [5, 5.41) is 2.93. The average molecular weight is 261 g/mol. The zero-order valence-corrected chi connectivity index (χ0v) is 10.2. The number of nitrogens with one attached hydrogen (secondary N) is 1. The summed E-state index contributed by atoms with van der Waals surface area (Å²) < 4.78 is 50.6. The third-order valence-electron chi connectivity index (χ3n) is 2.52. The van der Waals surface area contributed by atoms with Gasteiger partial charge >= 0.3 is 6.18 Å². The van der Waals surface area contributed by atoms with Gasteiger partial charge < -0.3 is 5.32 Å². The van der Waals surface area contributed by atoms with Crippen LogP contribution in [0.1, 0.15) is 24.5 Å². The lowest BCUT2D eigenvalue weighted by Gasteiger charge is -2.09. The summed E-state index contributed by atoms with van der Waals surface area (Å²) in [7, 11) is 1.76. The van der Waals surface area contributed by atoms with E-state index >= 15 is 0 Å². The Morgan fingerprint density at radius 1 is 1.33 bits per heavy atom. The van der Waals surface area contributed by atoms with Crippen molar-refractivity contribution in [1.29, 1.82) is 0 Å². The third kappa shape index (κ3) is 3.84. The first-order chi connectivity index (χ1) is 8.38. The van der Waals surface area contributed by atoms with Crippen molar-refractivity contribution in [1.82, 2.24) is 5.32 Å². The minimum atomic E-state index is -4.66. The van der Waals surface area contributed by atoms with Crippen molar-refractivity contribution in [2.75, 3.05) is 13.6 Å². The van der Waals surface area contributed by atoms with Gasteiger partial charge in [-0.2, -0.15) is 13.2 Å². The zero-order chi connectivity index (χ0) is 13.8. The van der Waals surface area contributed by atoms with Gasteiger partial charge in [-0.1, -0.05) is 24.6 Å². The van der Waals surface area contributed by atoms with Gasteiger partial charge in [0.15, 0.2) is 0 Å². The fraction of sp³-hybridized carbons (Fsp3) is 0.385. The van der Waals surface area contributed by atoms with Gasteiger partial charge in [0, 0.05) is 6.54 Å². The summed E-state index contributed by atoms with van der Waals surface area (Å²) >= 11 is 0. The second-order valence-electron chi connectivity index (χ2n) is 3.92. The Bertz CT molecular complexity index is 435. The molecule has 0 fully saturated rings. The van der Waals surface area contributed by atoms with Gasteiger partial charge in [0.05, 0.1) is 5.56 Å². The summed E-state index contributed by atoms with van der Waals surface area (Å²) in [6, 6.07) is 3.03. The SMILES string of the molecule is CC/C(=C/c1ccc(F)c(C(F)(F)F)c1)CNC. The van der Waals surface area contributed by atoms with Crippen molar-refractivity contribution < 1.29 is 17.6 Å². The molecule has 0 aliphatic rings. The first kappa shape index (κ1) is 14.7. The maximum absolute atomic E-state index is 13.1. The maximum atomic E-state index is 13.1. The van der Waals surface area contributed by atoms with Crippen molar-refractivity contribution in [2.24, 2.45) is 0 Å². The molecule has 0 atom stereocenters. The summed E-state index contributed by atoms with van der Waals surface area (Å²) in [6.45, 7) is 2.51. The largest absolute Gasteiger partial charge is 0.419 e. The summed E-state index contributed by atoms with van der Waals surface area (Å²) in [5.41, 5.74) is 0.0872. The van der Waals surface area contributed by atoms with Crippen molar-refractivity contribution in [3.63, 3.8) is 0 Å². The number of rotatable bonds is 4. The fourth-order valence-electron chi connectivity index (χ4n) is 1.59. The highest BCUT2D eigenvalue weighted by atomic mass is 19.4. The molecule has 1 rings (SSSR count). The molecule has 18 heavy (non-hydrogen) atoms. The molecule has 0 saturated heterocycles. The molecule has 0 spiro atoms. The number of hydrogen-bond donors (Lipinski definition) is 1. The molecule has 1 aromatic carbocycles. The van der Waals surface area contributed by atoms with Gasteiger partial charge in [-0.3, -0.25) is 0 Å². The Labute approximate surface area is 104 Å². The fourth-order valence-corrected chi connectivity index (χ4v) is 1.59. The van der Waals surface area contributed by atoms with E-state index in [0.29, 0.717) is 12.1 Å². The molecule has 0 aliphatic carbocycles. The quantitative estimate of drug-likeness (QED) is 0.811. The van der Waals surface area contributed by atoms with Crippen LogP contribution in [-0.4, -0.2) is 13.6 Å². The van der Waals surface area contributed by atoms with Gasteiger partial charge in [0.2, 0.25) is 0 Å². The maximum Gasteiger partial charge on any atom is 0.419 e. The number of alkyl halides is 3. The minimum Gasteiger partial charge on any atom is -0.316 e. The monoisotopic (exact) mass is 261 g/mol. The minimum absolute atomic E-state index is 0.357. The standard InChI is InChI=1S/C13H15F4N/c1-3-9(8-18-2)6-10-4-5-12(14)11(7-10)13(15,16)17/h4-7,18H,3,8H2,1-2H3/b9-6-. The molecule has 1 nitrogen and oxygen atoms in total. The van der Waals surface area contributed by atoms with Crippen LogP contribution in [0.4, 0.5) is 17.6 Å². The van der Waals surface area contributed by atoms with E-state index in [9.17, 15) is 17.6 Å². The van der Waals surface area contributed by atoms with Crippen molar-refractivity contribution >= 4 is 6.08 Å². The van der Waals surface area contributed by atoms with Crippen LogP contribution in [0.25, 0.3) is 6.08 Å². The first-order valence-corrected chi connectivity index (χ1v) is 5.59. The van der Waals surface area contributed by atoms with E-state index in [-0.39, 0.29) is 0 Å². The molecular formula is C13H15F4N. The van der Waals surface area contributed by atoms with E-state index in [1.807, 2.05) is 6.92 Å². The molecule has 0 unspecified atom stereocenters. The van der Waals surface area contributed by atoms with Crippen LogP contribution in [0, 0.1) is 5.82 Å². The molecule has 1 N–H and O–H groups in total. The smallest absolute Gasteiger partial charge is 0.316 e. The van der Waals surface area contributed by atoms with E-state index in [0.717, 1.165) is 24.1 Å². The molecule has 100 valence electrons. The Morgan fingerprint density at radius 2 is 2.00 bits per heavy atom. The Hall–Kier alpha value is -1.36. The van der Waals surface area contributed by atoms with Crippen LogP contribution in [0.15, 0.2) is 23.8 Å². The van der Waals surface area contributed by atoms with Crippen LogP contribution in [0.2, 0.25) is 0 Å². The number of hydrogen-bond acceptors (Lipinski definition) is 1. The number of benzene rings is 1. The number of likely N-dealkylation sites (N-methyl/N-ethyl adjacent to an activating group) is 1. The molecule has 0 heterocycles. The molecule has 1 aromatic rings. The molecule has 0 aromatic heterocycles. The van der Waals surface area contributed by atoms with E-state index in [2.05, 4.69) is 5.32 Å². The number of halogens is 4. The van der Waals surface area contributed by atoms with Crippen molar-refractivity contribution in [3.05, 3.63) is 40.7 Å². The lowest BCUT2D eigenvalue weighted by Crippen LogP contribution is -2.10. The van der Waals surface area contributed by atoms with Crippen molar-refractivity contribution in [2.45, 2.75) is 19.5 Å². The summed E-state index contributed by atoms with van der Waals surface area (Å²) in [4.78, 5) is 0. The third-order valence-corrected chi connectivity index (χ3v) is 2.52. The molecule has 0 saturated carbocycles. The highest BCUT2D eigenvalue weighted by Gasteiger charge is 2.33. The second-order valence-corrected chi connectivity index (χ2v) is 3.92. The normalized spacial score (nSPS) is 12.9. The van der Waals surface area contributed by atoms with Crippen LogP contribution < -0.4 is 5.32 Å². The van der Waals surface area contributed by atoms with E-state index < -0.39 is 17.6 Å². The van der Waals surface area contributed by atoms with E-state index in [1.54, 1.807) is 13.1 Å². The molecule has 0 amide bonds. The highest BCUT2D eigenvalue weighted by Crippen LogP contribution is 2.32.